The van der Waals surface area contributed by atoms with Crippen LogP contribution in [0.2, 0.25) is 0 Å². The number of anilines is 6. The molecule has 1 heterocycles. The smallest absolute Gasteiger partial charge is 0.0540 e. The minimum absolute atomic E-state index is 1.05. The van der Waals surface area contributed by atoms with Crippen LogP contribution in [0.15, 0.2) is 170 Å². The fraction of sp³-hybridized carbons (Fsp3) is 0.0476. The second-order valence-electron chi connectivity index (χ2n) is 11.4. The average molecular weight is 565 g/mol. The summed E-state index contributed by atoms with van der Waals surface area (Å²) in [5, 5.41) is 2.47. The molecule has 0 bridgehead atoms. The van der Waals surface area contributed by atoms with Gasteiger partial charge in [0.1, 0.15) is 0 Å². The molecule has 0 amide bonds. The Hall–Kier alpha value is -5.60. The van der Waals surface area contributed by atoms with E-state index in [4.69, 9.17) is 0 Å². The van der Waals surface area contributed by atoms with Crippen molar-refractivity contribution in [2.45, 2.75) is 12.8 Å². The van der Waals surface area contributed by atoms with Gasteiger partial charge in [0.2, 0.25) is 0 Å². The Morgan fingerprint density at radius 1 is 0.409 bits per heavy atom. The van der Waals surface area contributed by atoms with E-state index in [9.17, 15) is 0 Å². The van der Waals surface area contributed by atoms with Crippen molar-refractivity contribution in [3.63, 3.8) is 0 Å². The molecule has 0 fully saturated rings. The molecule has 7 aromatic carbocycles. The number of aryl methyl sites for hydroxylation is 2. The Balaban J connectivity index is 1.15. The Morgan fingerprint density at radius 2 is 0.932 bits per heavy atom. The van der Waals surface area contributed by atoms with Crippen molar-refractivity contribution in [1.82, 2.24) is 0 Å². The van der Waals surface area contributed by atoms with Gasteiger partial charge in [-0.15, -0.1) is 0 Å². The third kappa shape index (κ3) is 4.71. The van der Waals surface area contributed by atoms with E-state index in [1.54, 1.807) is 0 Å². The van der Waals surface area contributed by atoms with Crippen molar-refractivity contribution in [2.24, 2.45) is 0 Å². The molecule has 2 heteroatoms. The predicted octanol–water partition coefficient (Wildman–Crippen LogP) is 11.5. The van der Waals surface area contributed by atoms with Crippen LogP contribution in [0.1, 0.15) is 11.1 Å². The van der Waals surface area contributed by atoms with E-state index in [1.165, 1.54) is 55.8 Å². The molecule has 2 nitrogen and oxygen atoms in total. The first-order valence-corrected chi connectivity index (χ1v) is 15.3. The van der Waals surface area contributed by atoms with Gasteiger partial charge in [-0.2, -0.15) is 0 Å². The van der Waals surface area contributed by atoms with E-state index in [0.717, 1.165) is 24.2 Å². The lowest BCUT2D eigenvalue weighted by molar-refractivity contribution is 0.977. The minimum Gasteiger partial charge on any atom is -0.310 e. The molecule has 0 saturated heterocycles. The van der Waals surface area contributed by atoms with Gasteiger partial charge >= 0.3 is 0 Å². The number of para-hydroxylation sites is 3. The summed E-state index contributed by atoms with van der Waals surface area (Å²) in [6.07, 6.45) is 2.10. The van der Waals surface area contributed by atoms with Crippen molar-refractivity contribution in [3.05, 3.63) is 181 Å². The van der Waals surface area contributed by atoms with Crippen LogP contribution in [0, 0.1) is 0 Å². The Kier molecular flexibility index (Phi) is 6.66. The largest absolute Gasteiger partial charge is 0.310 e. The van der Waals surface area contributed by atoms with Gasteiger partial charge in [0.05, 0.1) is 5.69 Å². The third-order valence-corrected chi connectivity index (χ3v) is 8.73. The first-order valence-electron chi connectivity index (χ1n) is 15.3. The molecule has 0 radical (unpaired) electrons. The normalized spacial score (nSPS) is 12.3. The van der Waals surface area contributed by atoms with Crippen molar-refractivity contribution in [2.75, 3.05) is 9.80 Å². The summed E-state index contributed by atoms with van der Waals surface area (Å²) in [7, 11) is 0. The van der Waals surface area contributed by atoms with Crippen LogP contribution in [0.25, 0.3) is 21.9 Å². The van der Waals surface area contributed by atoms with Gasteiger partial charge in [-0.25, -0.2) is 0 Å². The average Bonchev–Trinajstić information content (AvgIpc) is 3.26. The Labute approximate surface area is 259 Å². The van der Waals surface area contributed by atoms with E-state index in [1.807, 2.05) is 0 Å². The number of hydrogen-bond acceptors (Lipinski definition) is 2. The molecule has 7 aromatic rings. The van der Waals surface area contributed by atoms with Crippen LogP contribution in [0.4, 0.5) is 34.1 Å². The van der Waals surface area contributed by atoms with Crippen molar-refractivity contribution >= 4 is 44.9 Å². The van der Waals surface area contributed by atoms with Gasteiger partial charge < -0.3 is 9.80 Å². The highest BCUT2D eigenvalue weighted by Crippen LogP contribution is 2.43. The summed E-state index contributed by atoms with van der Waals surface area (Å²) in [5.74, 6) is 0. The second-order valence-corrected chi connectivity index (χ2v) is 11.4. The molecule has 210 valence electrons. The molecular weight excluding hydrogens is 532 g/mol. The maximum Gasteiger partial charge on any atom is 0.0540 e. The molecule has 0 aromatic heterocycles. The first-order chi connectivity index (χ1) is 21.8. The maximum absolute atomic E-state index is 2.42. The van der Waals surface area contributed by atoms with Crippen molar-refractivity contribution in [3.8, 4) is 11.1 Å². The molecule has 0 N–H and O–H groups in total. The van der Waals surface area contributed by atoms with Gasteiger partial charge in [-0.3, -0.25) is 0 Å². The van der Waals surface area contributed by atoms with Gasteiger partial charge in [-0.1, -0.05) is 115 Å². The van der Waals surface area contributed by atoms with E-state index >= 15 is 0 Å². The zero-order valence-electron chi connectivity index (χ0n) is 24.5. The van der Waals surface area contributed by atoms with Crippen LogP contribution >= 0.6 is 0 Å². The van der Waals surface area contributed by atoms with E-state index in [2.05, 4.69) is 180 Å². The van der Waals surface area contributed by atoms with E-state index in [0.29, 0.717) is 0 Å². The summed E-state index contributed by atoms with van der Waals surface area (Å²) in [6.45, 7) is 0. The lowest BCUT2D eigenvalue weighted by Gasteiger charge is -2.27. The summed E-state index contributed by atoms with van der Waals surface area (Å²) >= 11 is 0. The minimum atomic E-state index is 1.05. The molecule has 44 heavy (non-hydrogen) atoms. The molecule has 8 rings (SSSR count). The summed E-state index contributed by atoms with van der Waals surface area (Å²) < 4.78 is 0. The summed E-state index contributed by atoms with van der Waals surface area (Å²) in [5.41, 5.74) is 12.3. The molecule has 1 aliphatic rings. The number of benzene rings is 7. The topological polar surface area (TPSA) is 6.48 Å². The Bertz CT molecular complexity index is 2010. The molecule has 0 unspecified atom stereocenters. The van der Waals surface area contributed by atoms with Crippen LogP contribution in [-0.4, -0.2) is 0 Å². The number of nitrogens with zero attached hydrogens (tertiary/aromatic N) is 2. The monoisotopic (exact) mass is 564 g/mol. The number of hydrogen-bond donors (Lipinski definition) is 0. The zero-order chi connectivity index (χ0) is 29.3. The second kappa shape index (κ2) is 11.2. The van der Waals surface area contributed by atoms with E-state index in [-0.39, 0.29) is 0 Å². The molecular formula is C42H32N2. The van der Waals surface area contributed by atoms with Gasteiger partial charge in [-0.05, 0) is 95.1 Å². The number of rotatable bonds is 5. The predicted molar refractivity (Wildman–Crippen MR) is 186 cm³/mol. The van der Waals surface area contributed by atoms with Crippen LogP contribution < -0.4 is 9.80 Å². The maximum atomic E-state index is 2.42. The zero-order valence-corrected chi connectivity index (χ0v) is 24.5. The van der Waals surface area contributed by atoms with Gasteiger partial charge in [0.15, 0.2) is 0 Å². The quantitative estimate of drug-likeness (QED) is 0.205. The lowest BCUT2D eigenvalue weighted by Crippen LogP contribution is -2.11. The van der Waals surface area contributed by atoms with E-state index < -0.39 is 0 Å². The molecule has 1 aliphatic heterocycles. The molecule has 0 spiro atoms. The van der Waals surface area contributed by atoms with Crippen LogP contribution in [-0.2, 0) is 12.8 Å². The highest BCUT2D eigenvalue weighted by molar-refractivity contribution is 5.99. The highest BCUT2D eigenvalue weighted by atomic mass is 15.2. The standard InChI is InChI=1S/C42H32N2/c1-2-15-36(16-3-1)43(42-20-10-14-33-11-4-7-17-39(33)42)37-27-23-31(24-28-37)32-25-29-38(30-26-32)44-40-18-8-5-12-34(40)21-22-35-13-6-9-19-41(35)44/h1-20,23-30H,21-22H2. The fourth-order valence-electron chi connectivity index (χ4n) is 6.57. The number of fused-ring (bicyclic) bond motifs is 3. The molecule has 0 saturated carbocycles. The Morgan fingerprint density at radius 3 is 1.61 bits per heavy atom. The van der Waals surface area contributed by atoms with Gasteiger partial charge in [0.25, 0.3) is 0 Å². The third-order valence-electron chi connectivity index (χ3n) is 8.73. The molecule has 0 atom stereocenters. The summed E-state index contributed by atoms with van der Waals surface area (Å²) in [6, 6.07) is 61.3. The first kappa shape index (κ1) is 26.1. The molecule has 0 aliphatic carbocycles. The lowest BCUT2D eigenvalue weighted by atomic mass is 10.0. The summed E-state index contributed by atoms with van der Waals surface area (Å²) in [4.78, 5) is 4.77. The van der Waals surface area contributed by atoms with Crippen LogP contribution in [0.3, 0.4) is 0 Å². The van der Waals surface area contributed by atoms with Crippen molar-refractivity contribution in [1.29, 1.82) is 0 Å². The van der Waals surface area contributed by atoms with Gasteiger partial charge in [0, 0.05) is 33.8 Å². The van der Waals surface area contributed by atoms with Crippen molar-refractivity contribution < 1.29 is 0 Å². The fourth-order valence-corrected chi connectivity index (χ4v) is 6.57. The highest BCUT2D eigenvalue weighted by Gasteiger charge is 2.22. The van der Waals surface area contributed by atoms with Crippen LogP contribution in [0.5, 0.6) is 0 Å². The SMILES string of the molecule is c1ccc(N(c2ccc(-c3ccc(N4c5ccccc5CCc5ccccc54)cc3)cc2)c2cccc3ccccc23)cc1.